The van der Waals surface area contributed by atoms with Crippen molar-refractivity contribution in [2.24, 2.45) is 13.0 Å². The average Bonchev–Trinajstić information content (AvgIpc) is 2.60. The molecule has 2 heterocycles. The lowest BCUT2D eigenvalue weighted by Gasteiger charge is -2.29. The molecule has 96 valence electrons. The molecule has 2 rings (SSSR count). The fourth-order valence-electron chi connectivity index (χ4n) is 2.50. The number of rotatable bonds is 4. The number of likely N-dealkylation sites (tertiary alicyclic amines) is 1. The summed E-state index contributed by atoms with van der Waals surface area (Å²) in [7, 11) is 4.22. The largest absolute Gasteiger partial charge is 0.311 e. The van der Waals surface area contributed by atoms with Crippen molar-refractivity contribution in [2.45, 2.75) is 26.3 Å². The molecule has 0 radical (unpaired) electrons. The summed E-state index contributed by atoms with van der Waals surface area (Å²) in [5, 5.41) is 7.92. The van der Waals surface area contributed by atoms with Gasteiger partial charge in [-0.05, 0) is 58.4 Å². The van der Waals surface area contributed by atoms with E-state index in [1.807, 2.05) is 18.7 Å². The molecule has 1 saturated heterocycles. The molecule has 0 amide bonds. The number of aryl methyl sites for hydroxylation is 2. The molecule has 17 heavy (non-hydrogen) atoms. The van der Waals surface area contributed by atoms with E-state index in [1.165, 1.54) is 31.6 Å². The van der Waals surface area contributed by atoms with Gasteiger partial charge in [-0.3, -0.25) is 4.68 Å². The van der Waals surface area contributed by atoms with E-state index >= 15 is 0 Å². The van der Waals surface area contributed by atoms with E-state index in [4.69, 9.17) is 0 Å². The third-order valence-electron chi connectivity index (χ3n) is 3.68. The molecule has 0 saturated carbocycles. The Morgan fingerprint density at radius 3 is 2.65 bits per heavy atom. The number of nitrogens with zero attached hydrogens (tertiary/aromatic N) is 3. The van der Waals surface area contributed by atoms with Crippen LogP contribution in [-0.2, 0) is 13.6 Å². The minimum Gasteiger partial charge on any atom is -0.311 e. The third-order valence-corrected chi connectivity index (χ3v) is 3.68. The van der Waals surface area contributed by atoms with Gasteiger partial charge >= 0.3 is 0 Å². The second kappa shape index (κ2) is 5.65. The quantitative estimate of drug-likeness (QED) is 0.851. The van der Waals surface area contributed by atoms with E-state index in [0.29, 0.717) is 0 Å². The Labute approximate surface area is 104 Å². The first kappa shape index (κ1) is 12.6. The first-order valence-corrected chi connectivity index (χ1v) is 6.54. The van der Waals surface area contributed by atoms with Crippen LogP contribution in [0.2, 0.25) is 0 Å². The van der Waals surface area contributed by atoms with Crippen molar-refractivity contribution in [3.63, 3.8) is 0 Å². The zero-order valence-electron chi connectivity index (χ0n) is 11.2. The summed E-state index contributed by atoms with van der Waals surface area (Å²) in [5.41, 5.74) is 2.37. The first-order valence-electron chi connectivity index (χ1n) is 6.54. The first-order chi connectivity index (χ1) is 8.15. The molecule has 4 heteroatoms. The van der Waals surface area contributed by atoms with Crippen molar-refractivity contribution in [3.05, 3.63) is 17.5 Å². The van der Waals surface area contributed by atoms with Crippen molar-refractivity contribution >= 4 is 0 Å². The molecule has 4 nitrogen and oxygen atoms in total. The maximum Gasteiger partial charge on any atom is 0.0597 e. The van der Waals surface area contributed by atoms with Gasteiger partial charge in [-0.15, -0.1) is 0 Å². The van der Waals surface area contributed by atoms with Crippen LogP contribution < -0.4 is 5.32 Å². The van der Waals surface area contributed by atoms with Gasteiger partial charge in [0.2, 0.25) is 0 Å². The van der Waals surface area contributed by atoms with Crippen LogP contribution >= 0.6 is 0 Å². The maximum atomic E-state index is 4.36. The van der Waals surface area contributed by atoms with E-state index in [9.17, 15) is 0 Å². The Morgan fingerprint density at radius 1 is 1.35 bits per heavy atom. The highest BCUT2D eigenvalue weighted by Crippen LogP contribution is 2.14. The van der Waals surface area contributed by atoms with Crippen molar-refractivity contribution < 1.29 is 0 Å². The van der Waals surface area contributed by atoms with Gasteiger partial charge in [0.25, 0.3) is 0 Å². The number of hydrogen-bond donors (Lipinski definition) is 1. The van der Waals surface area contributed by atoms with Crippen molar-refractivity contribution in [2.75, 3.05) is 26.7 Å². The highest BCUT2D eigenvalue weighted by atomic mass is 15.3. The highest BCUT2D eigenvalue weighted by molar-refractivity contribution is 5.08. The number of piperidine rings is 1. The van der Waals surface area contributed by atoms with Crippen LogP contribution in [-0.4, -0.2) is 41.4 Å². The van der Waals surface area contributed by atoms with E-state index in [0.717, 1.165) is 24.7 Å². The van der Waals surface area contributed by atoms with Gasteiger partial charge in [0, 0.05) is 13.6 Å². The fourth-order valence-corrected chi connectivity index (χ4v) is 2.50. The molecule has 1 aromatic rings. The van der Waals surface area contributed by atoms with Gasteiger partial charge in [0.1, 0.15) is 0 Å². The Bertz CT molecular complexity index is 350. The average molecular weight is 236 g/mol. The summed E-state index contributed by atoms with van der Waals surface area (Å²) in [6.07, 6.45) is 2.65. The molecule has 1 aliphatic rings. The molecule has 0 unspecified atom stereocenters. The van der Waals surface area contributed by atoms with Gasteiger partial charge in [-0.25, -0.2) is 0 Å². The van der Waals surface area contributed by atoms with Crippen LogP contribution in [0.1, 0.15) is 24.2 Å². The lowest BCUT2D eigenvalue weighted by molar-refractivity contribution is 0.215. The highest BCUT2D eigenvalue weighted by Gasteiger charge is 2.16. The molecule has 1 aliphatic heterocycles. The number of nitrogens with one attached hydrogen (secondary N) is 1. The summed E-state index contributed by atoms with van der Waals surface area (Å²) in [6, 6.07) is 2.15. The number of hydrogen-bond acceptors (Lipinski definition) is 3. The molecular weight excluding hydrogens is 212 g/mol. The molecule has 0 spiro atoms. The topological polar surface area (TPSA) is 33.1 Å². The number of aromatic nitrogens is 2. The fraction of sp³-hybridized carbons (Fsp3) is 0.769. The van der Waals surface area contributed by atoms with Crippen LogP contribution in [0.5, 0.6) is 0 Å². The Kier molecular flexibility index (Phi) is 4.18. The molecular formula is C13H24N4. The molecule has 1 fully saturated rings. The van der Waals surface area contributed by atoms with Crippen LogP contribution in [0.15, 0.2) is 6.07 Å². The zero-order chi connectivity index (χ0) is 12.3. The van der Waals surface area contributed by atoms with Gasteiger partial charge in [0.15, 0.2) is 0 Å². The second-order valence-electron chi connectivity index (χ2n) is 5.28. The van der Waals surface area contributed by atoms with E-state index in [1.54, 1.807) is 0 Å². The Balaban J connectivity index is 1.71. The SMILES string of the molecule is Cc1cc(CNCC2CCN(C)CC2)n(C)n1. The van der Waals surface area contributed by atoms with Crippen molar-refractivity contribution in [1.29, 1.82) is 0 Å². The summed E-state index contributed by atoms with van der Waals surface area (Å²) >= 11 is 0. The standard InChI is InChI=1S/C13H24N4/c1-11-8-13(17(3)15-11)10-14-9-12-4-6-16(2)7-5-12/h8,12,14H,4-7,9-10H2,1-3H3. The minimum atomic E-state index is 0.848. The lowest BCUT2D eigenvalue weighted by Crippen LogP contribution is -2.35. The summed E-state index contributed by atoms with van der Waals surface area (Å²) < 4.78 is 1.97. The Morgan fingerprint density at radius 2 is 2.06 bits per heavy atom. The summed E-state index contributed by atoms with van der Waals surface area (Å²) in [6.45, 7) is 6.61. The molecule has 0 aliphatic carbocycles. The van der Waals surface area contributed by atoms with E-state index < -0.39 is 0 Å². The van der Waals surface area contributed by atoms with Gasteiger partial charge < -0.3 is 10.2 Å². The molecule has 0 atom stereocenters. The van der Waals surface area contributed by atoms with Crippen LogP contribution in [0.3, 0.4) is 0 Å². The van der Waals surface area contributed by atoms with Gasteiger partial charge in [-0.2, -0.15) is 5.10 Å². The normalized spacial score (nSPS) is 18.8. The smallest absolute Gasteiger partial charge is 0.0597 e. The Hall–Kier alpha value is -0.870. The van der Waals surface area contributed by atoms with Crippen molar-refractivity contribution in [1.82, 2.24) is 20.0 Å². The maximum absolute atomic E-state index is 4.36. The second-order valence-corrected chi connectivity index (χ2v) is 5.28. The molecule has 0 bridgehead atoms. The minimum absolute atomic E-state index is 0.848. The van der Waals surface area contributed by atoms with E-state index in [2.05, 4.69) is 28.4 Å². The van der Waals surface area contributed by atoms with Crippen LogP contribution in [0.4, 0.5) is 0 Å². The van der Waals surface area contributed by atoms with Crippen LogP contribution in [0, 0.1) is 12.8 Å². The predicted octanol–water partition coefficient (Wildman–Crippen LogP) is 1.16. The molecule has 0 aromatic carbocycles. The van der Waals surface area contributed by atoms with Crippen molar-refractivity contribution in [3.8, 4) is 0 Å². The predicted molar refractivity (Wildman–Crippen MR) is 69.9 cm³/mol. The zero-order valence-corrected chi connectivity index (χ0v) is 11.2. The molecule has 1 N–H and O–H groups in total. The monoisotopic (exact) mass is 236 g/mol. The van der Waals surface area contributed by atoms with Crippen LogP contribution in [0.25, 0.3) is 0 Å². The summed E-state index contributed by atoms with van der Waals surface area (Å²) in [5.74, 6) is 0.848. The van der Waals surface area contributed by atoms with Gasteiger partial charge in [-0.1, -0.05) is 0 Å². The summed E-state index contributed by atoms with van der Waals surface area (Å²) in [4.78, 5) is 2.42. The lowest BCUT2D eigenvalue weighted by atomic mass is 9.97. The van der Waals surface area contributed by atoms with E-state index in [-0.39, 0.29) is 0 Å². The molecule has 1 aromatic heterocycles. The van der Waals surface area contributed by atoms with Gasteiger partial charge in [0.05, 0.1) is 11.4 Å². The third kappa shape index (κ3) is 3.54.